The molecule has 88 valence electrons. The monoisotopic (exact) mass is 222 g/mol. The van der Waals surface area contributed by atoms with Crippen LogP contribution in [0.1, 0.15) is 31.1 Å². The molecule has 1 amide bonds. The van der Waals surface area contributed by atoms with Gasteiger partial charge >= 0.3 is 0 Å². The SMILES string of the molecule is CC(O)C(C)(C)NC(=O)c1cccc(N)c1. The van der Waals surface area contributed by atoms with Gasteiger partial charge in [0.2, 0.25) is 0 Å². The number of anilines is 1. The van der Waals surface area contributed by atoms with Crippen LogP contribution >= 0.6 is 0 Å². The number of carbonyl (C=O) groups is 1. The number of carbonyl (C=O) groups excluding carboxylic acids is 1. The third kappa shape index (κ3) is 2.97. The Bertz CT molecular complexity index is 386. The Hall–Kier alpha value is -1.55. The second-order valence-corrected chi connectivity index (χ2v) is 4.48. The van der Waals surface area contributed by atoms with E-state index in [4.69, 9.17) is 5.73 Å². The zero-order chi connectivity index (χ0) is 12.3. The topological polar surface area (TPSA) is 75.3 Å². The summed E-state index contributed by atoms with van der Waals surface area (Å²) in [5.41, 5.74) is 5.96. The van der Waals surface area contributed by atoms with Gasteiger partial charge in [0, 0.05) is 11.3 Å². The highest BCUT2D eigenvalue weighted by Gasteiger charge is 2.26. The van der Waals surface area contributed by atoms with Crippen molar-refractivity contribution >= 4 is 11.6 Å². The second-order valence-electron chi connectivity index (χ2n) is 4.48. The Kier molecular flexibility index (Phi) is 3.55. The van der Waals surface area contributed by atoms with Gasteiger partial charge in [-0.25, -0.2) is 0 Å². The zero-order valence-corrected chi connectivity index (χ0v) is 9.82. The fourth-order valence-electron chi connectivity index (χ4n) is 1.15. The molecule has 16 heavy (non-hydrogen) atoms. The number of hydrogen-bond donors (Lipinski definition) is 3. The van der Waals surface area contributed by atoms with Gasteiger partial charge in [-0.05, 0) is 39.0 Å². The molecule has 1 unspecified atom stereocenters. The first-order chi connectivity index (χ1) is 7.33. The van der Waals surface area contributed by atoms with Crippen molar-refractivity contribution in [3.8, 4) is 0 Å². The lowest BCUT2D eigenvalue weighted by Gasteiger charge is -2.29. The van der Waals surface area contributed by atoms with Gasteiger partial charge in [0.1, 0.15) is 0 Å². The van der Waals surface area contributed by atoms with Gasteiger partial charge in [-0.15, -0.1) is 0 Å². The molecule has 0 saturated heterocycles. The number of aliphatic hydroxyl groups excluding tert-OH is 1. The molecule has 0 bridgehead atoms. The Morgan fingerprint density at radius 2 is 2.12 bits per heavy atom. The van der Waals surface area contributed by atoms with Crippen molar-refractivity contribution < 1.29 is 9.90 Å². The average molecular weight is 222 g/mol. The number of nitrogens with two attached hydrogens (primary N) is 1. The quantitative estimate of drug-likeness (QED) is 0.672. The van der Waals surface area contributed by atoms with E-state index in [0.29, 0.717) is 11.3 Å². The van der Waals surface area contributed by atoms with Gasteiger partial charge in [-0.3, -0.25) is 4.79 Å². The van der Waals surface area contributed by atoms with E-state index < -0.39 is 11.6 Å². The van der Waals surface area contributed by atoms with Crippen molar-refractivity contribution in [2.75, 3.05) is 5.73 Å². The van der Waals surface area contributed by atoms with E-state index in [1.54, 1.807) is 45.0 Å². The van der Waals surface area contributed by atoms with Crippen molar-refractivity contribution in [1.29, 1.82) is 0 Å². The van der Waals surface area contributed by atoms with Crippen molar-refractivity contribution in [3.63, 3.8) is 0 Å². The molecule has 0 aliphatic carbocycles. The molecular weight excluding hydrogens is 204 g/mol. The Balaban J connectivity index is 2.81. The van der Waals surface area contributed by atoms with Crippen molar-refractivity contribution in [2.24, 2.45) is 0 Å². The molecular formula is C12H18N2O2. The standard InChI is InChI=1S/C12H18N2O2/c1-8(15)12(2,3)14-11(16)9-5-4-6-10(13)7-9/h4-8,15H,13H2,1-3H3,(H,14,16). The van der Waals surface area contributed by atoms with Crippen molar-refractivity contribution in [1.82, 2.24) is 5.32 Å². The maximum Gasteiger partial charge on any atom is 0.251 e. The molecule has 0 fully saturated rings. The van der Waals surface area contributed by atoms with Crippen LogP contribution in [0.3, 0.4) is 0 Å². The molecule has 1 rings (SSSR count). The molecule has 4 nitrogen and oxygen atoms in total. The normalized spacial score (nSPS) is 13.2. The number of benzene rings is 1. The Morgan fingerprint density at radius 3 is 2.62 bits per heavy atom. The summed E-state index contributed by atoms with van der Waals surface area (Å²) in [7, 11) is 0. The van der Waals surface area contributed by atoms with E-state index in [-0.39, 0.29) is 5.91 Å². The van der Waals surface area contributed by atoms with Crippen LogP contribution in [-0.4, -0.2) is 22.7 Å². The van der Waals surface area contributed by atoms with Crippen LogP contribution in [0.15, 0.2) is 24.3 Å². The molecule has 0 aliphatic rings. The highest BCUT2D eigenvalue weighted by molar-refractivity contribution is 5.95. The highest BCUT2D eigenvalue weighted by atomic mass is 16.3. The van der Waals surface area contributed by atoms with E-state index in [9.17, 15) is 9.90 Å². The molecule has 0 heterocycles. The van der Waals surface area contributed by atoms with Crippen molar-refractivity contribution in [2.45, 2.75) is 32.4 Å². The lowest BCUT2D eigenvalue weighted by Crippen LogP contribution is -2.50. The van der Waals surface area contributed by atoms with Crippen LogP contribution in [0.5, 0.6) is 0 Å². The molecule has 0 aromatic heterocycles. The summed E-state index contributed by atoms with van der Waals surface area (Å²) in [6, 6.07) is 6.73. The van der Waals surface area contributed by atoms with Crippen LogP contribution in [0.4, 0.5) is 5.69 Å². The van der Waals surface area contributed by atoms with E-state index in [1.165, 1.54) is 0 Å². The molecule has 1 atom stereocenters. The molecule has 4 heteroatoms. The maximum atomic E-state index is 11.8. The minimum Gasteiger partial charge on any atom is -0.399 e. The molecule has 0 saturated carbocycles. The van der Waals surface area contributed by atoms with Gasteiger partial charge in [0.05, 0.1) is 11.6 Å². The highest BCUT2D eigenvalue weighted by Crippen LogP contribution is 2.12. The lowest BCUT2D eigenvalue weighted by atomic mass is 9.98. The summed E-state index contributed by atoms with van der Waals surface area (Å²) in [4.78, 5) is 11.8. The summed E-state index contributed by atoms with van der Waals surface area (Å²) in [5.74, 6) is -0.238. The Morgan fingerprint density at radius 1 is 1.50 bits per heavy atom. The largest absolute Gasteiger partial charge is 0.399 e. The first-order valence-corrected chi connectivity index (χ1v) is 5.19. The number of rotatable bonds is 3. The second kappa shape index (κ2) is 4.53. The van der Waals surface area contributed by atoms with E-state index in [1.807, 2.05) is 0 Å². The fourth-order valence-corrected chi connectivity index (χ4v) is 1.15. The Labute approximate surface area is 95.5 Å². The van der Waals surface area contributed by atoms with Crippen LogP contribution in [0, 0.1) is 0 Å². The molecule has 1 aromatic carbocycles. The number of nitrogen functional groups attached to an aromatic ring is 1. The zero-order valence-electron chi connectivity index (χ0n) is 9.82. The van der Waals surface area contributed by atoms with Crippen molar-refractivity contribution in [3.05, 3.63) is 29.8 Å². The predicted molar refractivity (Wildman–Crippen MR) is 64.1 cm³/mol. The molecule has 0 radical (unpaired) electrons. The fraction of sp³-hybridized carbons (Fsp3) is 0.417. The third-order valence-corrected chi connectivity index (χ3v) is 2.63. The predicted octanol–water partition coefficient (Wildman–Crippen LogP) is 1.16. The number of hydrogen-bond acceptors (Lipinski definition) is 3. The number of aliphatic hydroxyl groups is 1. The summed E-state index contributed by atoms with van der Waals surface area (Å²) >= 11 is 0. The van der Waals surface area contributed by atoms with Gasteiger partial charge in [0.15, 0.2) is 0 Å². The third-order valence-electron chi connectivity index (χ3n) is 2.63. The lowest BCUT2D eigenvalue weighted by molar-refractivity contribution is 0.0709. The minimum atomic E-state index is -0.665. The molecule has 0 spiro atoms. The molecule has 4 N–H and O–H groups in total. The average Bonchev–Trinajstić information content (AvgIpc) is 2.16. The maximum absolute atomic E-state index is 11.8. The first-order valence-electron chi connectivity index (χ1n) is 5.19. The molecule has 0 aliphatic heterocycles. The minimum absolute atomic E-state index is 0.238. The number of nitrogens with one attached hydrogen (secondary N) is 1. The van der Waals surface area contributed by atoms with E-state index in [0.717, 1.165) is 0 Å². The molecule has 1 aromatic rings. The van der Waals surface area contributed by atoms with Gasteiger partial charge in [-0.1, -0.05) is 6.07 Å². The van der Waals surface area contributed by atoms with Gasteiger partial charge < -0.3 is 16.2 Å². The first kappa shape index (κ1) is 12.5. The summed E-state index contributed by atoms with van der Waals surface area (Å²) in [6.45, 7) is 5.17. The van der Waals surface area contributed by atoms with E-state index in [2.05, 4.69) is 5.32 Å². The summed E-state index contributed by atoms with van der Waals surface area (Å²) in [5, 5.41) is 12.2. The smallest absolute Gasteiger partial charge is 0.251 e. The van der Waals surface area contributed by atoms with Gasteiger partial charge in [-0.2, -0.15) is 0 Å². The van der Waals surface area contributed by atoms with Crippen LogP contribution in [-0.2, 0) is 0 Å². The van der Waals surface area contributed by atoms with Crippen LogP contribution < -0.4 is 11.1 Å². The van der Waals surface area contributed by atoms with Crippen LogP contribution in [0.2, 0.25) is 0 Å². The van der Waals surface area contributed by atoms with Gasteiger partial charge in [0.25, 0.3) is 5.91 Å². The van der Waals surface area contributed by atoms with Crippen LogP contribution in [0.25, 0.3) is 0 Å². The van der Waals surface area contributed by atoms with E-state index >= 15 is 0 Å². The summed E-state index contributed by atoms with van der Waals surface area (Å²) in [6.07, 6.45) is -0.627. The number of amides is 1. The summed E-state index contributed by atoms with van der Waals surface area (Å²) < 4.78 is 0.